The number of anilines is 1. The third-order valence-electron chi connectivity index (χ3n) is 6.04. The van der Waals surface area contributed by atoms with Gasteiger partial charge in [0.25, 0.3) is 10.0 Å². The number of H-pyrrole nitrogens is 1. The molecule has 0 unspecified atom stereocenters. The summed E-state index contributed by atoms with van der Waals surface area (Å²) in [5.74, 6) is 0. The van der Waals surface area contributed by atoms with Crippen LogP contribution in [0, 0.1) is 18.3 Å². The number of nitriles is 1. The van der Waals surface area contributed by atoms with Gasteiger partial charge >= 0.3 is 0 Å². The summed E-state index contributed by atoms with van der Waals surface area (Å²) in [5, 5.41) is 13.2. The predicted molar refractivity (Wildman–Crippen MR) is 126 cm³/mol. The van der Waals surface area contributed by atoms with Crippen molar-refractivity contribution in [3.05, 3.63) is 53.7 Å². The van der Waals surface area contributed by atoms with Gasteiger partial charge in [0.15, 0.2) is 0 Å². The second kappa shape index (κ2) is 8.79. The van der Waals surface area contributed by atoms with Crippen LogP contribution in [0.3, 0.4) is 0 Å². The van der Waals surface area contributed by atoms with Crippen LogP contribution in [0.2, 0.25) is 0 Å². The average Bonchev–Trinajstić information content (AvgIpc) is 3.26. The van der Waals surface area contributed by atoms with Crippen LogP contribution in [0.25, 0.3) is 10.9 Å². The van der Waals surface area contributed by atoms with Crippen molar-refractivity contribution in [2.45, 2.75) is 35.6 Å². The molecule has 174 valence electrons. The van der Waals surface area contributed by atoms with Crippen molar-refractivity contribution in [1.29, 1.82) is 5.26 Å². The molecule has 1 aliphatic rings. The molecule has 2 aromatic carbocycles. The number of sulfonamides is 2. The average molecular weight is 488 g/mol. The number of nitrogens with one attached hydrogen (secondary N) is 3. The Morgan fingerprint density at radius 3 is 2.30 bits per heavy atom. The van der Waals surface area contributed by atoms with Gasteiger partial charge in [0.2, 0.25) is 10.0 Å². The van der Waals surface area contributed by atoms with Gasteiger partial charge in [-0.05, 0) is 68.8 Å². The van der Waals surface area contributed by atoms with Crippen molar-refractivity contribution in [1.82, 2.24) is 14.6 Å². The maximum Gasteiger partial charge on any atom is 0.261 e. The van der Waals surface area contributed by atoms with E-state index in [1.807, 2.05) is 6.92 Å². The van der Waals surface area contributed by atoms with E-state index in [1.54, 1.807) is 19.2 Å². The second-order valence-corrected chi connectivity index (χ2v) is 11.8. The molecule has 0 spiro atoms. The van der Waals surface area contributed by atoms with Gasteiger partial charge in [-0.3, -0.25) is 4.72 Å². The molecule has 4 rings (SSSR count). The first-order valence-corrected chi connectivity index (χ1v) is 13.4. The Morgan fingerprint density at radius 2 is 1.67 bits per heavy atom. The Kier molecular flexibility index (Phi) is 6.20. The third-order valence-corrected chi connectivity index (χ3v) is 9.35. The number of hydrogen-bond donors (Lipinski definition) is 3. The van der Waals surface area contributed by atoms with Crippen molar-refractivity contribution in [3.8, 4) is 6.07 Å². The SMILES string of the molecule is Cc1ccc(NS(=O)(=O)c2ccc(S(=O)(=O)N(C)C3CCNCC3)cc2)c2[nH]cc(C#N)c12. The third kappa shape index (κ3) is 4.35. The molecule has 0 amide bonds. The highest BCUT2D eigenvalue weighted by Gasteiger charge is 2.29. The molecule has 1 aromatic heterocycles. The Morgan fingerprint density at radius 1 is 1.03 bits per heavy atom. The number of piperidine rings is 1. The van der Waals surface area contributed by atoms with E-state index < -0.39 is 20.0 Å². The molecule has 33 heavy (non-hydrogen) atoms. The van der Waals surface area contributed by atoms with E-state index >= 15 is 0 Å². The smallest absolute Gasteiger partial charge is 0.261 e. The van der Waals surface area contributed by atoms with Crippen molar-refractivity contribution < 1.29 is 16.8 Å². The van der Waals surface area contributed by atoms with Crippen LogP contribution in [0.15, 0.2) is 52.4 Å². The van der Waals surface area contributed by atoms with E-state index in [4.69, 9.17) is 0 Å². The number of fused-ring (bicyclic) bond motifs is 1. The summed E-state index contributed by atoms with van der Waals surface area (Å²) in [5.41, 5.74) is 2.09. The van der Waals surface area contributed by atoms with Gasteiger partial charge in [-0.1, -0.05) is 6.07 Å². The number of nitrogens with zero attached hydrogens (tertiary/aromatic N) is 2. The van der Waals surface area contributed by atoms with Crippen LogP contribution in [-0.2, 0) is 20.0 Å². The van der Waals surface area contributed by atoms with Crippen molar-refractivity contribution in [2.75, 3.05) is 24.9 Å². The van der Waals surface area contributed by atoms with Crippen LogP contribution in [-0.4, -0.2) is 52.3 Å². The van der Waals surface area contributed by atoms with Crippen molar-refractivity contribution >= 4 is 36.6 Å². The molecule has 0 aliphatic carbocycles. The minimum atomic E-state index is -3.99. The highest BCUT2D eigenvalue weighted by molar-refractivity contribution is 7.92. The van der Waals surface area contributed by atoms with E-state index in [0.717, 1.165) is 31.5 Å². The van der Waals surface area contributed by atoms with Gasteiger partial charge in [0, 0.05) is 24.7 Å². The molecule has 3 N–H and O–H groups in total. The molecule has 1 saturated heterocycles. The van der Waals surface area contributed by atoms with Gasteiger partial charge in [0.05, 0.1) is 26.6 Å². The van der Waals surface area contributed by atoms with Gasteiger partial charge in [-0.2, -0.15) is 9.57 Å². The summed E-state index contributed by atoms with van der Waals surface area (Å²) in [6.45, 7) is 3.36. The molecule has 1 fully saturated rings. The van der Waals surface area contributed by atoms with Crippen LogP contribution in [0.5, 0.6) is 0 Å². The Balaban J connectivity index is 1.60. The molecule has 0 bridgehead atoms. The number of rotatable bonds is 6. The van der Waals surface area contributed by atoms with Crippen LogP contribution >= 0.6 is 0 Å². The molecule has 9 nitrogen and oxygen atoms in total. The highest BCUT2D eigenvalue weighted by Crippen LogP contribution is 2.30. The molecule has 11 heteroatoms. The van der Waals surface area contributed by atoms with Crippen molar-refractivity contribution in [3.63, 3.8) is 0 Å². The monoisotopic (exact) mass is 487 g/mol. The zero-order valence-corrected chi connectivity index (χ0v) is 19.9. The topological polar surface area (TPSA) is 135 Å². The summed E-state index contributed by atoms with van der Waals surface area (Å²) < 4.78 is 55.9. The zero-order chi connectivity index (χ0) is 23.8. The normalized spacial score (nSPS) is 15.6. The Hall–Kier alpha value is -2.91. The molecular formula is C22H25N5O4S2. The van der Waals surface area contributed by atoms with E-state index in [0.29, 0.717) is 22.2 Å². The number of aromatic amines is 1. The van der Waals surface area contributed by atoms with E-state index in [2.05, 4.69) is 21.1 Å². The molecule has 0 saturated carbocycles. The molecule has 1 aliphatic heterocycles. The molecule has 2 heterocycles. The molecule has 3 aromatic rings. The summed E-state index contributed by atoms with van der Waals surface area (Å²) in [4.78, 5) is 2.94. The lowest BCUT2D eigenvalue weighted by atomic mass is 10.1. The van der Waals surface area contributed by atoms with E-state index in [9.17, 15) is 22.1 Å². The maximum atomic E-state index is 13.0. The minimum absolute atomic E-state index is 0.0447. The highest BCUT2D eigenvalue weighted by atomic mass is 32.2. The molecular weight excluding hydrogens is 462 g/mol. The summed E-state index contributed by atoms with van der Waals surface area (Å²) in [7, 11) is -6.16. The van der Waals surface area contributed by atoms with Gasteiger partial charge in [-0.25, -0.2) is 16.8 Å². The fourth-order valence-electron chi connectivity index (χ4n) is 4.12. The number of benzene rings is 2. The number of aryl methyl sites for hydroxylation is 1. The second-order valence-electron chi connectivity index (χ2n) is 8.07. The Labute approximate surface area is 193 Å². The lowest BCUT2D eigenvalue weighted by Crippen LogP contribution is -2.43. The first-order valence-electron chi connectivity index (χ1n) is 10.5. The first kappa shape index (κ1) is 23.3. The van der Waals surface area contributed by atoms with Crippen LogP contribution in [0.1, 0.15) is 24.0 Å². The number of aromatic nitrogens is 1. The van der Waals surface area contributed by atoms with Gasteiger partial charge in [0.1, 0.15) is 6.07 Å². The fraction of sp³-hybridized carbons (Fsp3) is 0.318. The Bertz CT molecular complexity index is 1430. The maximum absolute atomic E-state index is 13.0. The lowest BCUT2D eigenvalue weighted by Gasteiger charge is -2.30. The van der Waals surface area contributed by atoms with E-state index in [1.165, 1.54) is 34.8 Å². The fourth-order valence-corrected chi connectivity index (χ4v) is 6.61. The van der Waals surface area contributed by atoms with Gasteiger partial charge in [-0.15, -0.1) is 0 Å². The predicted octanol–water partition coefficient (Wildman–Crippen LogP) is 2.52. The number of hydrogen-bond acceptors (Lipinski definition) is 6. The standard InChI is InChI=1S/C22H25N5O4S2/c1-15-3-8-20(22-21(15)16(13-23)14-25-22)26-32(28,29)18-4-6-19(7-5-18)33(30,31)27(2)17-9-11-24-12-10-17/h3-8,14,17,24-26H,9-12H2,1-2H3. The summed E-state index contributed by atoms with van der Waals surface area (Å²) >= 11 is 0. The minimum Gasteiger partial charge on any atom is -0.358 e. The quantitative estimate of drug-likeness (QED) is 0.489. The summed E-state index contributed by atoms with van der Waals surface area (Å²) in [6.07, 6.45) is 2.99. The largest absolute Gasteiger partial charge is 0.358 e. The first-order chi connectivity index (χ1) is 15.6. The van der Waals surface area contributed by atoms with Crippen LogP contribution in [0.4, 0.5) is 5.69 Å². The lowest BCUT2D eigenvalue weighted by molar-refractivity contribution is 0.296. The van der Waals surface area contributed by atoms with Crippen molar-refractivity contribution in [2.24, 2.45) is 0 Å². The molecule has 0 radical (unpaired) electrons. The van der Waals surface area contributed by atoms with Crippen LogP contribution < -0.4 is 10.0 Å². The van der Waals surface area contributed by atoms with Gasteiger partial charge < -0.3 is 10.3 Å². The van der Waals surface area contributed by atoms with E-state index in [-0.39, 0.29) is 15.8 Å². The molecule has 0 atom stereocenters. The zero-order valence-electron chi connectivity index (χ0n) is 18.3. The summed E-state index contributed by atoms with van der Waals surface area (Å²) in [6, 6.07) is 10.6.